The van der Waals surface area contributed by atoms with E-state index < -0.39 is 0 Å². The van der Waals surface area contributed by atoms with Crippen molar-refractivity contribution in [3.63, 3.8) is 0 Å². The van der Waals surface area contributed by atoms with Crippen LogP contribution in [-0.2, 0) is 11.8 Å². The highest BCUT2D eigenvalue weighted by atomic mass is 14.5. The highest BCUT2D eigenvalue weighted by molar-refractivity contribution is 6.06. The SMILES string of the molecule is c1ccc2c(c1)Cc1cccc(-c3ccc4c(c3)-c3ccccc3C43c4ccccc4-c4c3ccc3ccccc43)c1-2. The van der Waals surface area contributed by atoms with Crippen molar-refractivity contribution in [2.75, 3.05) is 0 Å². The summed E-state index contributed by atoms with van der Waals surface area (Å²) in [7, 11) is 0. The van der Waals surface area contributed by atoms with Gasteiger partial charge in [-0.1, -0.05) is 140 Å². The van der Waals surface area contributed by atoms with Crippen LogP contribution in [0.25, 0.3) is 55.3 Å². The first-order valence-electron chi connectivity index (χ1n) is 14.9. The Balaban J connectivity index is 1.28. The first-order chi connectivity index (χ1) is 20.8. The molecule has 0 aliphatic heterocycles. The summed E-state index contributed by atoms with van der Waals surface area (Å²) in [6, 6.07) is 54.8. The molecule has 194 valence electrons. The second-order valence-electron chi connectivity index (χ2n) is 12.0. The first kappa shape index (κ1) is 22.5. The Morgan fingerprint density at radius 2 is 1.02 bits per heavy atom. The van der Waals surface area contributed by atoms with Crippen LogP contribution in [-0.4, -0.2) is 0 Å². The van der Waals surface area contributed by atoms with Crippen molar-refractivity contribution in [2.45, 2.75) is 11.8 Å². The van der Waals surface area contributed by atoms with Gasteiger partial charge in [0.1, 0.15) is 0 Å². The fourth-order valence-corrected chi connectivity index (χ4v) is 8.51. The molecule has 1 spiro atoms. The van der Waals surface area contributed by atoms with Gasteiger partial charge in [-0.2, -0.15) is 0 Å². The summed E-state index contributed by atoms with van der Waals surface area (Å²) in [4.78, 5) is 0. The van der Waals surface area contributed by atoms with Crippen molar-refractivity contribution in [3.8, 4) is 44.5 Å². The predicted octanol–water partition coefficient (Wildman–Crippen LogP) is 10.4. The predicted molar refractivity (Wildman–Crippen MR) is 174 cm³/mol. The van der Waals surface area contributed by atoms with Gasteiger partial charge in [-0.25, -0.2) is 0 Å². The molecule has 0 fully saturated rings. The maximum absolute atomic E-state index is 2.47. The van der Waals surface area contributed by atoms with E-state index in [0.29, 0.717) is 0 Å². The van der Waals surface area contributed by atoms with Crippen molar-refractivity contribution >= 4 is 10.8 Å². The van der Waals surface area contributed by atoms with E-state index in [9.17, 15) is 0 Å². The molecule has 0 heterocycles. The standard InChI is InChI=1S/C42H26/c1-3-13-30-26(10-1)20-23-39-41(30)34-16-6-8-19-37(34)42(39)36-18-7-5-15-33(36)35-25-28(21-22-38(35)42)32-17-9-12-29-24-27-11-2-4-14-31(27)40(29)32/h1-23,25H,24H2. The fraction of sp³-hybridized carbons (Fsp3) is 0.0476. The van der Waals surface area contributed by atoms with Gasteiger partial charge in [-0.15, -0.1) is 0 Å². The van der Waals surface area contributed by atoms with Crippen LogP contribution in [0.3, 0.4) is 0 Å². The average Bonchev–Trinajstić information content (AvgIpc) is 3.68. The van der Waals surface area contributed by atoms with E-state index in [1.165, 1.54) is 88.7 Å². The summed E-state index contributed by atoms with van der Waals surface area (Å²) in [5.74, 6) is 0. The van der Waals surface area contributed by atoms with Crippen molar-refractivity contribution < 1.29 is 0 Å². The lowest BCUT2D eigenvalue weighted by molar-refractivity contribution is 0.794. The van der Waals surface area contributed by atoms with Gasteiger partial charge in [-0.3, -0.25) is 0 Å². The average molecular weight is 531 g/mol. The molecule has 0 bridgehead atoms. The van der Waals surface area contributed by atoms with Crippen molar-refractivity contribution in [1.82, 2.24) is 0 Å². The molecular formula is C42H26. The van der Waals surface area contributed by atoms with Gasteiger partial charge in [0.15, 0.2) is 0 Å². The van der Waals surface area contributed by atoms with Crippen LogP contribution in [0.5, 0.6) is 0 Å². The second kappa shape index (κ2) is 7.96. The van der Waals surface area contributed by atoms with Gasteiger partial charge in [0.05, 0.1) is 5.41 Å². The minimum atomic E-state index is -0.328. The molecule has 1 unspecified atom stereocenters. The maximum Gasteiger partial charge on any atom is 0.0725 e. The summed E-state index contributed by atoms with van der Waals surface area (Å²) < 4.78 is 0. The molecule has 42 heavy (non-hydrogen) atoms. The van der Waals surface area contributed by atoms with Gasteiger partial charge >= 0.3 is 0 Å². The molecule has 7 aromatic carbocycles. The van der Waals surface area contributed by atoms with Gasteiger partial charge in [0.2, 0.25) is 0 Å². The third-order valence-electron chi connectivity index (χ3n) is 10.1. The topological polar surface area (TPSA) is 0 Å². The van der Waals surface area contributed by atoms with Crippen LogP contribution in [0.15, 0.2) is 146 Å². The van der Waals surface area contributed by atoms with Gasteiger partial charge in [0.25, 0.3) is 0 Å². The largest absolute Gasteiger partial charge is 0.0725 e. The van der Waals surface area contributed by atoms with Crippen LogP contribution in [0.2, 0.25) is 0 Å². The van der Waals surface area contributed by atoms with Gasteiger partial charge in [-0.05, 0) is 101 Å². The molecule has 3 aliphatic rings. The third kappa shape index (κ3) is 2.64. The number of benzene rings is 7. The highest BCUT2D eigenvalue weighted by Gasteiger charge is 2.51. The molecule has 0 saturated heterocycles. The Hall–Kier alpha value is -5.20. The lowest BCUT2D eigenvalue weighted by Crippen LogP contribution is -2.25. The zero-order valence-corrected chi connectivity index (χ0v) is 23.1. The Bertz CT molecular complexity index is 2280. The van der Waals surface area contributed by atoms with E-state index in [4.69, 9.17) is 0 Å². The monoisotopic (exact) mass is 530 g/mol. The number of rotatable bonds is 1. The minimum absolute atomic E-state index is 0.328. The Labute approximate surface area is 245 Å². The summed E-state index contributed by atoms with van der Waals surface area (Å²) in [6.45, 7) is 0. The van der Waals surface area contributed by atoms with E-state index in [-0.39, 0.29) is 5.41 Å². The summed E-state index contributed by atoms with van der Waals surface area (Å²) in [6.07, 6.45) is 1.01. The molecule has 3 aliphatic carbocycles. The molecule has 0 radical (unpaired) electrons. The lowest BCUT2D eigenvalue weighted by Gasteiger charge is -2.30. The van der Waals surface area contributed by atoms with E-state index in [1.807, 2.05) is 0 Å². The summed E-state index contributed by atoms with van der Waals surface area (Å²) >= 11 is 0. The molecule has 0 saturated carbocycles. The van der Waals surface area contributed by atoms with Gasteiger partial charge < -0.3 is 0 Å². The molecule has 0 amide bonds. The van der Waals surface area contributed by atoms with E-state index in [0.717, 1.165) is 6.42 Å². The number of hydrogen-bond acceptors (Lipinski definition) is 0. The summed E-state index contributed by atoms with van der Waals surface area (Å²) in [5, 5.41) is 2.63. The van der Waals surface area contributed by atoms with Crippen LogP contribution in [0, 0.1) is 0 Å². The molecule has 0 aromatic heterocycles. The Morgan fingerprint density at radius 3 is 1.93 bits per heavy atom. The zero-order chi connectivity index (χ0) is 27.4. The minimum Gasteiger partial charge on any atom is -0.0619 e. The van der Waals surface area contributed by atoms with Crippen molar-refractivity contribution in [3.05, 3.63) is 179 Å². The van der Waals surface area contributed by atoms with Crippen molar-refractivity contribution in [1.29, 1.82) is 0 Å². The number of fused-ring (bicyclic) bond motifs is 15. The molecule has 0 N–H and O–H groups in total. The Morgan fingerprint density at radius 1 is 0.381 bits per heavy atom. The first-order valence-corrected chi connectivity index (χ1v) is 14.9. The molecular weight excluding hydrogens is 504 g/mol. The molecule has 10 rings (SSSR count). The van der Waals surface area contributed by atoms with Crippen molar-refractivity contribution in [2.24, 2.45) is 0 Å². The van der Waals surface area contributed by atoms with Crippen LogP contribution in [0.4, 0.5) is 0 Å². The zero-order valence-electron chi connectivity index (χ0n) is 23.1. The third-order valence-corrected chi connectivity index (χ3v) is 10.1. The molecule has 0 nitrogen and oxygen atoms in total. The van der Waals surface area contributed by atoms with Crippen LogP contribution in [0.1, 0.15) is 33.4 Å². The van der Waals surface area contributed by atoms with Crippen LogP contribution < -0.4 is 0 Å². The maximum atomic E-state index is 2.47. The van der Waals surface area contributed by atoms with Gasteiger partial charge in [0, 0.05) is 0 Å². The van der Waals surface area contributed by atoms with E-state index in [1.54, 1.807) is 0 Å². The highest BCUT2D eigenvalue weighted by Crippen LogP contribution is 2.64. The number of hydrogen-bond donors (Lipinski definition) is 0. The molecule has 7 aromatic rings. The normalized spacial score (nSPS) is 16.6. The smallest absolute Gasteiger partial charge is 0.0619 e. The van der Waals surface area contributed by atoms with E-state index in [2.05, 4.69) is 146 Å². The Kier molecular flexibility index (Phi) is 4.26. The summed E-state index contributed by atoms with van der Waals surface area (Å²) in [5.41, 5.74) is 18.9. The second-order valence-corrected chi connectivity index (χ2v) is 12.0. The van der Waals surface area contributed by atoms with E-state index >= 15 is 0 Å². The fourth-order valence-electron chi connectivity index (χ4n) is 8.51. The molecule has 1 atom stereocenters. The quantitative estimate of drug-likeness (QED) is 0.198. The lowest BCUT2D eigenvalue weighted by atomic mass is 9.70. The molecule has 0 heteroatoms. The van der Waals surface area contributed by atoms with Crippen LogP contribution >= 0.6 is 0 Å².